The summed E-state index contributed by atoms with van der Waals surface area (Å²) in [4.78, 5) is 15.3. The summed E-state index contributed by atoms with van der Waals surface area (Å²) >= 11 is 18.0. The van der Waals surface area contributed by atoms with Gasteiger partial charge >= 0.3 is 0 Å². The normalized spacial score (nSPS) is 10.7. The summed E-state index contributed by atoms with van der Waals surface area (Å²) < 4.78 is 1.43. The van der Waals surface area contributed by atoms with Crippen LogP contribution in [0.1, 0.15) is 23.4 Å². The van der Waals surface area contributed by atoms with Crippen molar-refractivity contribution in [3.63, 3.8) is 0 Å². The van der Waals surface area contributed by atoms with Crippen molar-refractivity contribution in [2.45, 2.75) is 13.8 Å². The second-order valence-electron chi connectivity index (χ2n) is 3.67. The molecule has 0 fully saturated rings. The van der Waals surface area contributed by atoms with E-state index < -0.39 is 0 Å². The topological polar surface area (TPSA) is 47.8 Å². The Labute approximate surface area is 118 Å². The van der Waals surface area contributed by atoms with Crippen LogP contribution >= 0.6 is 34.8 Å². The first-order chi connectivity index (χ1) is 8.40. The van der Waals surface area contributed by atoms with E-state index in [-0.39, 0.29) is 11.6 Å². The summed E-state index contributed by atoms with van der Waals surface area (Å²) in [6, 6.07) is 3.11. The maximum absolute atomic E-state index is 11.2. The highest BCUT2D eigenvalue weighted by atomic mass is 35.5. The molecular formula is C11H8Cl3N3O. The van der Waals surface area contributed by atoms with Crippen LogP contribution in [-0.4, -0.2) is 20.5 Å². The molecule has 2 aromatic rings. The molecule has 0 aliphatic rings. The van der Waals surface area contributed by atoms with Crippen molar-refractivity contribution in [2.24, 2.45) is 0 Å². The van der Waals surface area contributed by atoms with Crippen molar-refractivity contribution in [3.8, 4) is 5.69 Å². The molecule has 4 nitrogen and oxygen atoms in total. The molecule has 1 heterocycles. The molecule has 0 N–H and O–H groups in total. The number of rotatable bonds is 2. The Hall–Kier alpha value is -1.10. The summed E-state index contributed by atoms with van der Waals surface area (Å²) in [5, 5.41) is 5.19. The van der Waals surface area contributed by atoms with Gasteiger partial charge < -0.3 is 0 Å². The summed E-state index contributed by atoms with van der Waals surface area (Å²) in [6.45, 7) is 3.10. The molecule has 0 spiro atoms. The molecule has 0 atom stereocenters. The van der Waals surface area contributed by atoms with E-state index in [9.17, 15) is 4.79 Å². The van der Waals surface area contributed by atoms with Gasteiger partial charge in [-0.15, -0.1) is 5.10 Å². The van der Waals surface area contributed by atoms with Crippen molar-refractivity contribution in [3.05, 3.63) is 38.8 Å². The number of aryl methyl sites for hydroxylation is 1. The van der Waals surface area contributed by atoms with Crippen LogP contribution in [0, 0.1) is 6.92 Å². The molecule has 94 valence electrons. The number of ketones is 1. The van der Waals surface area contributed by atoms with Gasteiger partial charge in [0.2, 0.25) is 5.82 Å². The van der Waals surface area contributed by atoms with Crippen molar-refractivity contribution >= 4 is 40.6 Å². The maximum atomic E-state index is 11.2. The van der Waals surface area contributed by atoms with Crippen molar-refractivity contribution < 1.29 is 4.79 Å². The Balaban J connectivity index is 2.66. The molecule has 0 saturated carbocycles. The molecule has 0 radical (unpaired) electrons. The average molecular weight is 305 g/mol. The van der Waals surface area contributed by atoms with Gasteiger partial charge in [-0.2, -0.15) is 0 Å². The zero-order chi connectivity index (χ0) is 13.4. The van der Waals surface area contributed by atoms with Gasteiger partial charge in [0.25, 0.3) is 0 Å². The number of hydrogen-bond acceptors (Lipinski definition) is 3. The van der Waals surface area contributed by atoms with E-state index in [0.29, 0.717) is 26.6 Å². The Bertz CT molecular complexity index is 613. The summed E-state index contributed by atoms with van der Waals surface area (Å²) in [5.41, 5.74) is 0.459. The third-order valence-electron chi connectivity index (χ3n) is 2.28. The molecule has 7 heteroatoms. The van der Waals surface area contributed by atoms with Crippen LogP contribution < -0.4 is 0 Å². The highest BCUT2D eigenvalue weighted by Crippen LogP contribution is 2.32. The first-order valence-electron chi connectivity index (χ1n) is 4.99. The molecule has 0 unspecified atom stereocenters. The van der Waals surface area contributed by atoms with Gasteiger partial charge in [-0.05, 0) is 19.1 Å². The molecule has 1 aromatic carbocycles. The van der Waals surface area contributed by atoms with E-state index in [1.54, 1.807) is 19.1 Å². The number of benzene rings is 1. The van der Waals surface area contributed by atoms with E-state index >= 15 is 0 Å². The number of hydrogen-bond donors (Lipinski definition) is 0. The number of nitrogens with zero attached hydrogens (tertiary/aromatic N) is 3. The van der Waals surface area contributed by atoms with Crippen molar-refractivity contribution in [2.75, 3.05) is 0 Å². The Morgan fingerprint density at radius 2 is 1.78 bits per heavy atom. The molecule has 18 heavy (non-hydrogen) atoms. The van der Waals surface area contributed by atoms with Gasteiger partial charge in [0.15, 0.2) is 5.78 Å². The molecule has 0 aliphatic heterocycles. The minimum Gasteiger partial charge on any atom is -0.291 e. The monoisotopic (exact) mass is 303 g/mol. The van der Waals surface area contributed by atoms with E-state index in [1.165, 1.54) is 11.6 Å². The molecule has 0 saturated heterocycles. The largest absolute Gasteiger partial charge is 0.291 e. The van der Waals surface area contributed by atoms with Crippen LogP contribution in [0.15, 0.2) is 12.1 Å². The number of aromatic nitrogens is 3. The van der Waals surface area contributed by atoms with Crippen LogP contribution in [0.2, 0.25) is 15.1 Å². The predicted molar refractivity (Wildman–Crippen MR) is 71.1 cm³/mol. The molecule has 0 bridgehead atoms. The molecule has 2 rings (SSSR count). The lowest BCUT2D eigenvalue weighted by atomic mass is 10.3. The van der Waals surface area contributed by atoms with Crippen molar-refractivity contribution in [1.82, 2.24) is 14.8 Å². The van der Waals surface area contributed by atoms with E-state index in [1.807, 2.05) is 0 Å². The Morgan fingerprint density at radius 3 is 2.22 bits per heavy atom. The van der Waals surface area contributed by atoms with Gasteiger partial charge in [-0.1, -0.05) is 34.8 Å². The summed E-state index contributed by atoms with van der Waals surface area (Å²) in [5.74, 6) is 0.416. The first-order valence-corrected chi connectivity index (χ1v) is 6.13. The van der Waals surface area contributed by atoms with Crippen LogP contribution in [0.3, 0.4) is 0 Å². The molecule has 1 aromatic heterocycles. The van der Waals surface area contributed by atoms with E-state index in [2.05, 4.69) is 10.1 Å². The second kappa shape index (κ2) is 4.88. The third-order valence-corrected chi connectivity index (χ3v) is 3.07. The van der Waals surface area contributed by atoms with Gasteiger partial charge in [-0.3, -0.25) is 4.79 Å². The molecule has 0 amide bonds. The summed E-state index contributed by atoms with van der Waals surface area (Å²) in [7, 11) is 0. The lowest BCUT2D eigenvalue weighted by Crippen LogP contribution is -2.02. The third kappa shape index (κ3) is 2.36. The highest BCUT2D eigenvalue weighted by Gasteiger charge is 2.16. The molecular weight excluding hydrogens is 296 g/mol. The van der Waals surface area contributed by atoms with Gasteiger partial charge in [0, 0.05) is 11.9 Å². The first kappa shape index (κ1) is 13.3. The van der Waals surface area contributed by atoms with E-state index in [0.717, 1.165) is 0 Å². The lowest BCUT2D eigenvalue weighted by Gasteiger charge is -2.08. The van der Waals surface area contributed by atoms with Crippen LogP contribution in [-0.2, 0) is 0 Å². The smallest absolute Gasteiger partial charge is 0.217 e. The zero-order valence-corrected chi connectivity index (χ0v) is 11.8. The fraction of sp³-hybridized carbons (Fsp3) is 0.182. The molecule has 0 aliphatic carbocycles. The lowest BCUT2D eigenvalue weighted by molar-refractivity contribution is 0.100. The van der Waals surface area contributed by atoms with Crippen LogP contribution in [0.4, 0.5) is 0 Å². The Kier molecular flexibility index (Phi) is 3.61. The van der Waals surface area contributed by atoms with Crippen molar-refractivity contribution in [1.29, 1.82) is 0 Å². The van der Waals surface area contributed by atoms with Crippen LogP contribution in [0.25, 0.3) is 5.69 Å². The minimum atomic E-state index is -0.224. The quantitative estimate of drug-likeness (QED) is 0.794. The highest BCUT2D eigenvalue weighted by molar-refractivity contribution is 6.40. The van der Waals surface area contributed by atoms with Crippen LogP contribution in [0.5, 0.6) is 0 Å². The fourth-order valence-corrected chi connectivity index (χ4v) is 2.47. The average Bonchev–Trinajstić information content (AvgIpc) is 2.59. The Morgan fingerprint density at radius 1 is 1.22 bits per heavy atom. The zero-order valence-electron chi connectivity index (χ0n) is 9.54. The SMILES string of the molecule is CC(=O)c1nc(C)n(-c2c(Cl)cc(Cl)cc2Cl)n1. The fourth-order valence-electron chi connectivity index (χ4n) is 1.49. The second-order valence-corrected chi connectivity index (χ2v) is 4.92. The number of halogens is 3. The number of carbonyl (C=O) groups excluding carboxylic acids is 1. The van der Waals surface area contributed by atoms with Gasteiger partial charge in [0.05, 0.1) is 10.0 Å². The van der Waals surface area contributed by atoms with Gasteiger partial charge in [-0.25, -0.2) is 9.67 Å². The minimum absolute atomic E-state index is 0.120. The van der Waals surface area contributed by atoms with Gasteiger partial charge in [0.1, 0.15) is 11.5 Å². The predicted octanol–water partition coefficient (Wildman–Crippen LogP) is 3.74. The number of Topliss-reactive ketones (excluding diaryl/α,β-unsaturated/α-hetero) is 1. The summed E-state index contributed by atoms with van der Waals surface area (Å²) in [6.07, 6.45) is 0. The standard InChI is InChI=1S/C11H8Cl3N3O/c1-5(18)11-15-6(2)17(16-11)10-8(13)3-7(12)4-9(10)14/h3-4H,1-2H3. The van der Waals surface area contributed by atoms with E-state index in [4.69, 9.17) is 34.8 Å². The number of carbonyl (C=O) groups is 1. The maximum Gasteiger partial charge on any atom is 0.217 e.